The van der Waals surface area contributed by atoms with Gasteiger partial charge in [-0.05, 0) is 0 Å². The molecule has 0 amide bonds. The van der Waals surface area contributed by atoms with Gasteiger partial charge in [-0.3, -0.25) is 0 Å². The first-order valence-corrected chi connectivity index (χ1v) is 0. The van der Waals surface area contributed by atoms with Gasteiger partial charge in [0, 0.05) is 0 Å². The van der Waals surface area contributed by atoms with Gasteiger partial charge in [0.05, 0.1) is 0 Å². The Hall–Kier alpha value is 1.63. The summed E-state index contributed by atoms with van der Waals surface area (Å²) in [5, 5.41) is 0. The Bertz CT molecular complexity index is 11.0. The largest absolute Gasteiger partial charge is 2.00 e. The van der Waals surface area contributed by atoms with Crippen LogP contribution < -0.4 is 24.8 Å². The summed E-state index contributed by atoms with van der Waals surface area (Å²) in [7, 11) is 0. The van der Waals surface area contributed by atoms with Crippen LogP contribution in [0.5, 0.6) is 0 Å². The molecule has 6 nitrogen and oxygen atoms in total. The van der Waals surface area contributed by atoms with Crippen molar-refractivity contribution in [3.05, 3.63) is 0 Å². The summed E-state index contributed by atoms with van der Waals surface area (Å²) in [6.07, 6.45) is 0. The summed E-state index contributed by atoms with van der Waals surface area (Å²) < 4.78 is 0. The van der Waals surface area contributed by atoms with Gasteiger partial charge < -0.3 is 57.7 Å². The van der Waals surface area contributed by atoms with Crippen LogP contribution in [0.4, 0.5) is 0 Å². The maximum absolute atomic E-state index is 0. The summed E-state index contributed by atoms with van der Waals surface area (Å²) in [6.45, 7) is 0. The van der Waals surface area contributed by atoms with Crippen LogP contribution in [0.3, 0.4) is 0 Å². The van der Waals surface area contributed by atoms with Crippen molar-refractivity contribution in [2.24, 2.45) is 0 Å². The fraction of sp³-hybridized carbons (Fsp3) is 0. The van der Waals surface area contributed by atoms with Gasteiger partial charge in [-0.15, -0.1) is 0 Å². The van der Waals surface area contributed by atoms with E-state index in [0.717, 1.165) is 0 Å². The Morgan fingerprint density at radius 2 is 0.333 bits per heavy atom. The van der Waals surface area contributed by atoms with Crippen LogP contribution in [-0.2, 0) is 0 Å². The van der Waals surface area contributed by atoms with E-state index in [2.05, 4.69) is 0 Å². The smallest absolute Gasteiger partial charge is 1.00 e. The van der Waals surface area contributed by atoms with E-state index in [1.54, 1.807) is 0 Å². The molecule has 0 aromatic carbocycles. The summed E-state index contributed by atoms with van der Waals surface area (Å²) in [5.74, 6) is 0. The first kappa shape index (κ1) is 373. The number of rotatable bonds is 0. The van der Waals surface area contributed by atoms with E-state index in [4.69, 9.17) is 0 Å². The first-order valence-electron chi connectivity index (χ1n) is 0. The van der Waals surface area contributed by atoms with Gasteiger partial charge in [-0.25, -0.2) is 0 Å². The van der Waals surface area contributed by atoms with Gasteiger partial charge in [0.15, 0.2) is 0 Å². The molecule has 0 fully saturated rings. The molecule has 0 atom stereocenters. The number of hydrogen-bond donors (Lipinski definition) is 0. The van der Waals surface area contributed by atoms with Crippen LogP contribution >= 0.6 is 0 Å². The predicted molar refractivity (Wildman–Crippen MR) is 21.7 cm³/mol. The second-order valence-corrected chi connectivity index (χ2v) is 0. The van der Waals surface area contributed by atoms with Crippen LogP contribution in [0.2, 0.25) is 0 Å². The molecule has 0 rings (SSSR count). The minimum atomic E-state index is 0. The normalized spacial score (nSPS) is 0. The molecule has 0 saturated heterocycles. The molecule has 71 valence electrons. The van der Waals surface area contributed by atoms with Crippen molar-refractivity contribution in [2.75, 3.05) is 0 Å². The van der Waals surface area contributed by atoms with Crippen molar-refractivity contribution >= 4 is 0 Å². The average molecular weight is 338 g/mol. The number of hydrogen-bond acceptors (Lipinski definition) is 0. The summed E-state index contributed by atoms with van der Waals surface area (Å²) >= 11 is 0. The van der Waals surface area contributed by atoms with E-state index in [1.807, 2.05) is 0 Å². The van der Waals surface area contributed by atoms with E-state index in [0.29, 0.717) is 0 Å². The maximum atomic E-state index is 0. The quantitative estimate of drug-likeness (QED) is 0.406. The van der Waals surface area contributed by atoms with Crippen molar-refractivity contribution in [2.45, 2.75) is 0 Å². The molecule has 9 heavy (non-hydrogen) atoms. The molecule has 0 unspecified atom stereocenters. The van der Waals surface area contributed by atoms with Crippen molar-refractivity contribution in [3.8, 4) is 0 Å². The molecule has 0 spiro atoms. The molecular weight excluding hydrogens is 326 g/mol. The molecule has 0 aliphatic heterocycles. The topological polar surface area (TPSA) is 189 Å². The van der Waals surface area contributed by atoms with Crippen LogP contribution in [0.25, 0.3) is 0 Å². The molecule has 0 aromatic heterocycles. The zero-order chi connectivity index (χ0) is 0. The predicted octanol–water partition coefficient (Wildman–Crippen LogP) is -10.9. The van der Waals surface area contributed by atoms with E-state index in [1.165, 1.54) is 0 Å². The van der Waals surface area contributed by atoms with Gasteiger partial charge in [0.1, 0.15) is 0 Å². The molecule has 0 saturated carbocycles. The van der Waals surface area contributed by atoms with Crippen molar-refractivity contribution < 1.29 is 96.3 Å². The zero-order valence-corrected chi connectivity index (χ0v) is 7.74. The molecule has 1 radical (unpaired) electrons. The van der Waals surface area contributed by atoms with Crippen LogP contribution in [0.15, 0.2) is 0 Å². The summed E-state index contributed by atoms with van der Waals surface area (Å²) in [5.41, 5.74) is 0. The van der Waals surface area contributed by atoms with Crippen molar-refractivity contribution in [3.63, 3.8) is 0 Å². The molecule has 0 aliphatic rings. The Morgan fingerprint density at radius 1 is 0.333 bits per heavy atom. The Balaban J connectivity index is 0. The molecular formula is H12Cl2O6Tb. The average Bonchev–Trinajstić information content (AvgIpc) is 0. The third-order valence-corrected chi connectivity index (χ3v) is 0. The first-order chi connectivity index (χ1) is 0. The molecule has 9 heteroatoms. The minimum Gasteiger partial charge on any atom is -1.00 e. The van der Waals surface area contributed by atoms with Gasteiger partial charge in [0.25, 0.3) is 0 Å². The van der Waals surface area contributed by atoms with E-state index in [-0.39, 0.29) is 96.3 Å². The molecule has 12 N–H and O–H groups in total. The Labute approximate surface area is 95.5 Å². The summed E-state index contributed by atoms with van der Waals surface area (Å²) in [6, 6.07) is 0. The molecule has 0 bridgehead atoms. The Kier molecular flexibility index (Phi) is 11200. The molecule has 0 aromatic rings. The standard InChI is InChI=1S/2ClH.6H2O.Tb/h2*1H;6*1H2;/q;;;;;;;;+2/p-2. The molecule has 0 aliphatic carbocycles. The van der Waals surface area contributed by atoms with Crippen LogP contribution in [-0.4, -0.2) is 32.9 Å². The molecule has 0 heterocycles. The van der Waals surface area contributed by atoms with Gasteiger partial charge in [0.2, 0.25) is 0 Å². The van der Waals surface area contributed by atoms with Crippen molar-refractivity contribution in [1.29, 1.82) is 0 Å². The third kappa shape index (κ3) is 212. The van der Waals surface area contributed by atoms with E-state index < -0.39 is 0 Å². The fourth-order valence-electron chi connectivity index (χ4n) is 0. The third-order valence-electron chi connectivity index (χ3n) is 0. The SMILES string of the molecule is O.O.O.O.O.O.[Cl-].[Cl-].[Tb+2]. The number of halogens is 2. The summed E-state index contributed by atoms with van der Waals surface area (Å²) in [4.78, 5) is 0. The van der Waals surface area contributed by atoms with Gasteiger partial charge >= 0.3 is 38.6 Å². The second kappa shape index (κ2) is 271. The minimum absolute atomic E-state index is 0. The van der Waals surface area contributed by atoms with Crippen LogP contribution in [0, 0.1) is 38.6 Å². The van der Waals surface area contributed by atoms with Gasteiger partial charge in [-0.1, -0.05) is 0 Å². The van der Waals surface area contributed by atoms with E-state index in [9.17, 15) is 0 Å². The van der Waals surface area contributed by atoms with Gasteiger partial charge in [-0.2, -0.15) is 0 Å². The van der Waals surface area contributed by atoms with Crippen LogP contribution in [0.1, 0.15) is 0 Å². The second-order valence-electron chi connectivity index (χ2n) is 0. The van der Waals surface area contributed by atoms with Crippen molar-refractivity contribution in [1.82, 2.24) is 0 Å². The zero-order valence-electron chi connectivity index (χ0n) is 4.09. The monoisotopic (exact) mass is 337 g/mol. The van der Waals surface area contributed by atoms with E-state index >= 15 is 0 Å². The fourth-order valence-corrected chi connectivity index (χ4v) is 0. The maximum Gasteiger partial charge on any atom is 2.00 e. The Morgan fingerprint density at radius 3 is 0.333 bits per heavy atom.